The minimum atomic E-state index is -0.0529. The second-order valence-corrected chi connectivity index (χ2v) is 8.51. The summed E-state index contributed by atoms with van der Waals surface area (Å²) in [6, 6.07) is 18.1. The van der Waals surface area contributed by atoms with Crippen molar-refractivity contribution in [2.45, 2.75) is 26.4 Å². The lowest BCUT2D eigenvalue weighted by molar-refractivity contribution is -0.110. The molecule has 0 radical (unpaired) electrons. The Morgan fingerprint density at radius 3 is 2.63 bits per heavy atom. The van der Waals surface area contributed by atoms with Crippen LogP contribution in [0.15, 0.2) is 65.6 Å². The lowest BCUT2D eigenvalue weighted by Gasteiger charge is -2.38. The van der Waals surface area contributed by atoms with E-state index in [9.17, 15) is 4.79 Å². The summed E-state index contributed by atoms with van der Waals surface area (Å²) >= 11 is 0. The van der Waals surface area contributed by atoms with Crippen LogP contribution in [-0.2, 0) is 11.3 Å². The summed E-state index contributed by atoms with van der Waals surface area (Å²) in [5, 5.41) is 6.66. The topological polar surface area (TPSA) is 69.0 Å². The third kappa shape index (κ3) is 3.44. The number of aromatic nitrogens is 3. The Labute approximate surface area is 174 Å². The fourth-order valence-corrected chi connectivity index (χ4v) is 3.97. The molecular formula is C24H24N4O2. The average Bonchev–Trinajstić information content (AvgIpc) is 2.74. The normalized spacial score (nSPS) is 16.3. The average molecular weight is 400 g/mol. The number of ether oxygens (including phenoxy) is 1. The molecule has 1 atom stereocenters. The van der Waals surface area contributed by atoms with E-state index < -0.39 is 0 Å². The fraction of sp³-hybridized carbons (Fsp3) is 0.292. The first kappa shape index (κ1) is 18.8. The van der Waals surface area contributed by atoms with Gasteiger partial charge in [-0.1, -0.05) is 43.3 Å². The Hall–Kier alpha value is -3.25. The van der Waals surface area contributed by atoms with Crippen LogP contribution >= 0.6 is 0 Å². The largest absolute Gasteiger partial charge is 0.380 e. The number of nitrogens with zero attached hydrogens (tertiary/aromatic N) is 3. The van der Waals surface area contributed by atoms with Crippen molar-refractivity contribution in [3.8, 4) is 0 Å². The van der Waals surface area contributed by atoms with Gasteiger partial charge >= 0.3 is 0 Å². The van der Waals surface area contributed by atoms with Crippen molar-refractivity contribution >= 4 is 27.8 Å². The molecule has 6 nitrogen and oxygen atoms in total. The molecule has 0 bridgehead atoms. The van der Waals surface area contributed by atoms with Crippen LogP contribution in [0.3, 0.4) is 0 Å². The van der Waals surface area contributed by atoms with Crippen molar-refractivity contribution in [1.82, 2.24) is 14.5 Å². The fourth-order valence-electron chi connectivity index (χ4n) is 3.97. The molecule has 30 heavy (non-hydrogen) atoms. The van der Waals surface area contributed by atoms with Crippen LogP contribution in [0.2, 0.25) is 0 Å². The second kappa shape index (κ2) is 7.22. The zero-order chi connectivity index (χ0) is 20.7. The summed E-state index contributed by atoms with van der Waals surface area (Å²) in [5.41, 5.74) is 1.72. The van der Waals surface area contributed by atoms with E-state index in [1.165, 1.54) is 10.8 Å². The molecular weight excluding hydrogens is 376 g/mol. The number of nitrogens with one attached hydrogen (secondary N) is 1. The van der Waals surface area contributed by atoms with Gasteiger partial charge in [-0.05, 0) is 35.4 Å². The molecule has 6 heteroatoms. The molecule has 0 spiro atoms. The Balaban J connectivity index is 1.47. The van der Waals surface area contributed by atoms with Gasteiger partial charge in [-0.15, -0.1) is 0 Å². The van der Waals surface area contributed by atoms with Crippen molar-refractivity contribution in [3.05, 3.63) is 76.7 Å². The number of fused-ring (bicyclic) bond motifs is 2. The van der Waals surface area contributed by atoms with E-state index in [4.69, 9.17) is 9.72 Å². The van der Waals surface area contributed by atoms with Crippen LogP contribution in [0.5, 0.6) is 0 Å². The summed E-state index contributed by atoms with van der Waals surface area (Å²) < 4.78 is 7.10. The molecule has 1 N–H and O–H groups in total. The van der Waals surface area contributed by atoms with Gasteiger partial charge in [-0.2, -0.15) is 4.98 Å². The number of hydrogen-bond donors (Lipinski definition) is 1. The molecule has 1 saturated heterocycles. The Bertz CT molecular complexity index is 1290. The minimum absolute atomic E-state index is 0.0217. The molecule has 1 aliphatic heterocycles. The van der Waals surface area contributed by atoms with Gasteiger partial charge in [0.05, 0.1) is 19.3 Å². The van der Waals surface area contributed by atoms with E-state index in [2.05, 4.69) is 54.5 Å². The maximum Gasteiger partial charge on any atom is 0.252 e. The predicted octanol–water partition coefficient (Wildman–Crippen LogP) is 4.15. The molecule has 2 aromatic heterocycles. The monoisotopic (exact) mass is 400 g/mol. The maximum absolute atomic E-state index is 12.6. The predicted molar refractivity (Wildman–Crippen MR) is 119 cm³/mol. The lowest BCUT2D eigenvalue weighted by atomic mass is 9.88. The molecule has 1 fully saturated rings. The minimum Gasteiger partial charge on any atom is -0.380 e. The molecule has 152 valence electrons. The van der Waals surface area contributed by atoms with E-state index >= 15 is 0 Å². The third-order valence-electron chi connectivity index (χ3n) is 5.78. The Morgan fingerprint density at radius 1 is 1.10 bits per heavy atom. The number of hydrogen-bond acceptors (Lipinski definition) is 5. The number of anilines is 1. The molecule has 1 aliphatic rings. The zero-order valence-electron chi connectivity index (χ0n) is 17.1. The van der Waals surface area contributed by atoms with E-state index in [0.717, 1.165) is 10.9 Å². The van der Waals surface area contributed by atoms with Crippen molar-refractivity contribution in [1.29, 1.82) is 0 Å². The van der Waals surface area contributed by atoms with Crippen LogP contribution in [0.1, 0.15) is 25.5 Å². The Kier molecular flexibility index (Phi) is 4.51. The van der Waals surface area contributed by atoms with Crippen molar-refractivity contribution in [2.75, 3.05) is 18.5 Å². The highest BCUT2D eigenvalue weighted by molar-refractivity contribution is 5.83. The lowest BCUT2D eigenvalue weighted by Crippen LogP contribution is -2.45. The number of pyridine rings is 1. The van der Waals surface area contributed by atoms with Crippen LogP contribution in [0.25, 0.3) is 21.8 Å². The summed E-state index contributed by atoms with van der Waals surface area (Å²) in [4.78, 5) is 21.8. The second-order valence-electron chi connectivity index (χ2n) is 8.51. The first-order valence-corrected chi connectivity index (χ1v) is 10.2. The van der Waals surface area contributed by atoms with Crippen LogP contribution in [0, 0.1) is 5.41 Å². The summed E-state index contributed by atoms with van der Waals surface area (Å²) in [6.45, 7) is 6.11. The van der Waals surface area contributed by atoms with Crippen molar-refractivity contribution in [3.63, 3.8) is 0 Å². The zero-order valence-corrected chi connectivity index (χ0v) is 17.1. The molecule has 5 rings (SSSR count). The number of rotatable bonds is 5. The summed E-state index contributed by atoms with van der Waals surface area (Å²) in [6.07, 6.45) is 1.77. The first-order valence-electron chi connectivity index (χ1n) is 10.2. The summed E-state index contributed by atoms with van der Waals surface area (Å²) in [7, 11) is 0. The maximum atomic E-state index is 12.6. The van der Waals surface area contributed by atoms with Crippen LogP contribution < -0.4 is 10.9 Å². The van der Waals surface area contributed by atoms with Gasteiger partial charge in [0.15, 0.2) is 0 Å². The quantitative estimate of drug-likeness (QED) is 0.545. The SMILES string of the molecule is C[C@H](Nc1ncc2ccc(=O)n(CC3(C)COC3)c2n1)c1ccc2ccccc2c1. The van der Waals surface area contributed by atoms with Crippen LogP contribution in [0.4, 0.5) is 5.95 Å². The van der Waals surface area contributed by atoms with Gasteiger partial charge in [0.25, 0.3) is 5.56 Å². The van der Waals surface area contributed by atoms with E-state index in [1.807, 2.05) is 12.1 Å². The van der Waals surface area contributed by atoms with Gasteiger partial charge < -0.3 is 10.1 Å². The van der Waals surface area contributed by atoms with Gasteiger partial charge in [-0.3, -0.25) is 9.36 Å². The first-order chi connectivity index (χ1) is 14.5. The molecule has 3 heterocycles. The van der Waals surface area contributed by atoms with Crippen LogP contribution in [-0.4, -0.2) is 27.7 Å². The molecule has 0 aliphatic carbocycles. The molecule has 2 aromatic carbocycles. The smallest absolute Gasteiger partial charge is 0.252 e. The summed E-state index contributed by atoms with van der Waals surface area (Å²) in [5.74, 6) is 0.512. The van der Waals surface area contributed by atoms with Gasteiger partial charge in [0.2, 0.25) is 5.95 Å². The van der Waals surface area contributed by atoms with E-state index in [0.29, 0.717) is 31.4 Å². The highest BCUT2D eigenvalue weighted by Gasteiger charge is 2.34. The molecule has 4 aromatic rings. The van der Waals surface area contributed by atoms with Gasteiger partial charge in [0.1, 0.15) is 5.65 Å². The molecule has 0 amide bonds. The van der Waals surface area contributed by atoms with E-state index in [1.54, 1.807) is 22.9 Å². The third-order valence-corrected chi connectivity index (χ3v) is 5.78. The van der Waals surface area contributed by atoms with E-state index in [-0.39, 0.29) is 17.0 Å². The van der Waals surface area contributed by atoms with Gasteiger partial charge in [-0.25, -0.2) is 4.98 Å². The Morgan fingerprint density at radius 2 is 1.87 bits per heavy atom. The standard InChI is InChI=1S/C24H24N4O2/c1-16(18-8-7-17-5-3-4-6-19(17)11-18)26-23-25-12-20-9-10-21(29)28(22(20)27-23)13-24(2)14-30-15-24/h3-12,16H,13-15H2,1-2H3,(H,25,26,27)/t16-/m0/s1. The molecule has 0 saturated carbocycles. The highest BCUT2D eigenvalue weighted by Crippen LogP contribution is 2.29. The highest BCUT2D eigenvalue weighted by atomic mass is 16.5. The van der Waals surface area contributed by atoms with Crippen molar-refractivity contribution in [2.24, 2.45) is 5.41 Å². The van der Waals surface area contributed by atoms with Crippen molar-refractivity contribution < 1.29 is 4.74 Å². The van der Waals surface area contributed by atoms with Gasteiger partial charge in [0, 0.05) is 29.6 Å². The number of benzene rings is 2. The molecule has 0 unspecified atom stereocenters.